The number of aliphatic carboxylic acids is 1. The van der Waals surface area contributed by atoms with Gasteiger partial charge in [-0.05, 0) is 19.3 Å². The number of hydrogen-bond donors (Lipinski definition) is 3. The van der Waals surface area contributed by atoms with Crippen molar-refractivity contribution in [1.29, 1.82) is 0 Å². The molecule has 0 fully saturated rings. The first kappa shape index (κ1) is 21.3. The lowest BCUT2D eigenvalue weighted by Gasteiger charge is -2.30. The summed E-state index contributed by atoms with van der Waals surface area (Å²) in [5.74, 6) is -1.96. The average molecular weight is 352 g/mol. The third-order valence-corrected chi connectivity index (χ3v) is 2.67. The van der Waals surface area contributed by atoms with Gasteiger partial charge >= 0.3 is 18.3 Å². The van der Waals surface area contributed by atoms with Gasteiger partial charge in [0.2, 0.25) is 0 Å². The quantitative estimate of drug-likeness (QED) is 0.251. The number of rotatable bonds is 9. The molecule has 1 atom stereocenters. The molecule has 136 valence electrons. The molecular weight excluding hydrogens is 334 g/mol. The fourth-order valence-corrected chi connectivity index (χ4v) is 1.86. The molecule has 5 N–H and O–H groups in total. The maximum Gasteiger partial charge on any atom is 0.401 e. The molecule has 0 aromatic heterocycles. The van der Waals surface area contributed by atoms with Crippen LogP contribution in [0.15, 0.2) is 4.99 Å². The maximum atomic E-state index is 12.4. The van der Waals surface area contributed by atoms with Crippen molar-refractivity contribution in [2.24, 2.45) is 16.5 Å². The second kappa shape index (κ2) is 8.79. The largest absolute Gasteiger partial charge is 0.480 e. The number of alkyl halides is 6. The Morgan fingerprint density at radius 3 is 1.87 bits per heavy atom. The Labute approximate surface area is 128 Å². The molecule has 0 saturated heterocycles. The molecule has 0 amide bonds. The number of nitrogens with two attached hydrogens (primary N) is 2. The van der Waals surface area contributed by atoms with E-state index >= 15 is 0 Å². The second-order valence-corrected chi connectivity index (χ2v) is 4.79. The van der Waals surface area contributed by atoms with Crippen LogP contribution in [0.2, 0.25) is 0 Å². The van der Waals surface area contributed by atoms with Crippen LogP contribution in [0.3, 0.4) is 0 Å². The normalized spacial score (nSPS) is 13.9. The zero-order chi connectivity index (χ0) is 18.3. The van der Waals surface area contributed by atoms with Crippen molar-refractivity contribution in [3.8, 4) is 0 Å². The number of unbranched alkanes of at least 4 members (excludes halogenated alkanes) is 1. The molecule has 0 radical (unpaired) electrons. The molecule has 6 nitrogen and oxygen atoms in total. The highest BCUT2D eigenvalue weighted by atomic mass is 19.4. The molecule has 0 aliphatic carbocycles. The van der Waals surface area contributed by atoms with Crippen molar-refractivity contribution in [1.82, 2.24) is 4.90 Å². The summed E-state index contributed by atoms with van der Waals surface area (Å²) in [6.45, 7) is -3.82. The van der Waals surface area contributed by atoms with E-state index in [1.54, 1.807) is 0 Å². The Morgan fingerprint density at radius 1 is 1.04 bits per heavy atom. The molecule has 0 saturated carbocycles. The molecule has 0 aromatic rings. The van der Waals surface area contributed by atoms with Gasteiger partial charge in [-0.3, -0.25) is 14.7 Å². The molecule has 0 spiro atoms. The maximum absolute atomic E-state index is 12.4. The van der Waals surface area contributed by atoms with E-state index in [2.05, 4.69) is 4.99 Å². The average Bonchev–Trinajstić information content (AvgIpc) is 2.28. The van der Waals surface area contributed by atoms with Crippen LogP contribution in [0, 0.1) is 0 Å². The van der Waals surface area contributed by atoms with Crippen LogP contribution in [-0.2, 0) is 4.79 Å². The standard InChI is InChI=1S/C11H18F6N4O2/c12-10(13,14)5-21(6-11(15,16)17)7(8(22)23)3-1-2-4-20-9(18)19/h7H,1-6H2,(H,22,23)(H4,18,19,20)/t7-/m1/s1. The predicted molar refractivity (Wildman–Crippen MR) is 69.6 cm³/mol. The first-order valence-electron chi connectivity index (χ1n) is 6.47. The van der Waals surface area contributed by atoms with E-state index in [0.29, 0.717) is 0 Å². The topological polar surface area (TPSA) is 105 Å². The van der Waals surface area contributed by atoms with E-state index in [9.17, 15) is 31.1 Å². The highest BCUT2D eigenvalue weighted by Crippen LogP contribution is 2.25. The highest BCUT2D eigenvalue weighted by Gasteiger charge is 2.42. The summed E-state index contributed by atoms with van der Waals surface area (Å²) >= 11 is 0. The Hall–Kier alpha value is -1.72. The number of nitrogens with zero attached hydrogens (tertiary/aromatic N) is 2. The lowest BCUT2D eigenvalue weighted by Crippen LogP contribution is -2.49. The summed E-state index contributed by atoms with van der Waals surface area (Å²) in [7, 11) is 0. The molecule has 0 bridgehead atoms. The van der Waals surface area contributed by atoms with Crippen LogP contribution in [0.4, 0.5) is 26.3 Å². The Balaban J connectivity index is 4.85. The summed E-state index contributed by atoms with van der Waals surface area (Å²) < 4.78 is 74.3. The zero-order valence-electron chi connectivity index (χ0n) is 12.0. The first-order chi connectivity index (χ1) is 10.3. The van der Waals surface area contributed by atoms with E-state index in [1.165, 1.54) is 0 Å². The van der Waals surface area contributed by atoms with Gasteiger partial charge in [0.25, 0.3) is 0 Å². The number of carbonyl (C=O) groups is 1. The molecule has 12 heteroatoms. The Kier molecular flexibility index (Phi) is 8.14. The summed E-state index contributed by atoms with van der Waals surface area (Å²) in [4.78, 5) is 14.5. The third-order valence-electron chi connectivity index (χ3n) is 2.67. The van der Waals surface area contributed by atoms with E-state index < -0.39 is 37.5 Å². The number of hydrogen-bond acceptors (Lipinski definition) is 3. The molecule has 23 heavy (non-hydrogen) atoms. The summed E-state index contributed by atoms with van der Waals surface area (Å²) in [6.07, 6.45) is -10.00. The van der Waals surface area contributed by atoms with Gasteiger partial charge in [0.1, 0.15) is 6.04 Å². The Bertz CT molecular complexity index is 390. The van der Waals surface area contributed by atoms with Gasteiger partial charge in [-0.25, -0.2) is 0 Å². The minimum absolute atomic E-state index is 0.0555. The number of aliphatic imine (C=N–C) groups is 1. The van der Waals surface area contributed by atoms with Crippen LogP contribution in [0.25, 0.3) is 0 Å². The molecule has 0 aliphatic rings. The lowest BCUT2D eigenvalue weighted by atomic mass is 10.1. The van der Waals surface area contributed by atoms with E-state index in [4.69, 9.17) is 16.6 Å². The number of carboxylic acid groups (broad SMARTS) is 1. The summed E-state index contributed by atoms with van der Waals surface area (Å²) in [6, 6.07) is -1.91. The first-order valence-corrected chi connectivity index (χ1v) is 6.47. The van der Waals surface area contributed by atoms with E-state index in [0.717, 1.165) is 0 Å². The van der Waals surface area contributed by atoms with Gasteiger partial charge < -0.3 is 16.6 Å². The second-order valence-electron chi connectivity index (χ2n) is 4.79. The summed E-state index contributed by atoms with van der Waals surface area (Å²) in [5.41, 5.74) is 10.1. The minimum atomic E-state index is -4.95. The zero-order valence-corrected chi connectivity index (χ0v) is 12.0. The lowest BCUT2D eigenvalue weighted by molar-refractivity contribution is -0.191. The monoisotopic (exact) mass is 352 g/mol. The van der Waals surface area contributed by atoms with Gasteiger partial charge in [0, 0.05) is 6.54 Å². The van der Waals surface area contributed by atoms with Gasteiger partial charge in [-0.2, -0.15) is 26.3 Å². The van der Waals surface area contributed by atoms with Crippen LogP contribution in [0.1, 0.15) is 19.3 Å². The fourth-order valence-electron chi connectivity index (χ4n) is 1.86. The van der Waals surface area contributed by atoms with Crippen molar-refractivity contribution >= 4 is 11.9 Å². The van der Waals surface area contributed by atoms with Crippen LogP contribution in [0.5, 0.6) is 0 Å². The van der Waals surface area contributed by atoms with E-state index in [-0.39, 0.29) is 36.7 Å². The molecule has 0 aliphatic heterocycles. The fraction of sp³-hybridized carbons (Fsp3) is 0.818. The number of carboxylic acids is 1. The van der Waals surface area contributed by atoms with Crippen molar-refractivity contribution < 1.29 is 36.2 Å². The molecule has 0 heterocycles. The Morgan fingerprint density at radius 2 is 1.52 bits per heavy atom. The van der Waals surface area contributed by atoms with Crippen LogP contribution >= 0.6 is 0 Å². The van der Waals surface area contributed by atoms with Crippen molar-refractivity contribution in [2.75, 3.05) is 19.6 Å². The molecule has 0 rings (SSSR count). The van der Waals surface area contributed by atoms with E-state index in [1.807, 2.05) is 0 Å². The van der Waals surface area contributed by atoms with Crippen molar-refractivity contribution in [3.05, 3.63) is 0 Å². The smallest absolute Gasteiger partial charge is 0.401 e. The third kappa shape index (κ3) is 11.5. The van der Waals surface area contributed by atoms with Crippen molar-refractivity contribution in [3.63, 3.8) is 0 Å². The number of halogens is 6. The molecule has 0 aromatic carbocycles. The van der Waals surface area contributed by atoms with Gasteiger partial charge in [0.05, 0.1) is 13.1 Å². The SMILES string of the molecule is NC(N)=NCCCC[C@H](C(=O)O)N(CC(F)(F)F)CC(F)(F)F. The van der Waals surface area contributed by atoms with Gasteiger partial charge in [-0.15, -0.1) is 0 Å². The number of guanidine groups is 1. The van der Waals surface area contributed by atoms with Gasteiger partial charge in [-0.1, -0.05) is 0 Å². The molecular formula is C11H18F6N4O2. The molecule has 0 unspecified atom stereocenters. The van der Waals surface area contributed by atoms with Crippen molar-refractivity contribution in [2.45, 2.75) is 37.7 Å². The highest BCUT2D eigenvalue weighted by molar-refractivity contribution is 5.75. The van der Waals surface area contributed by atoms with Crippen LogP contribution < -0.4 is 11.5 Å². The van der Waals surface area contributed by atoms with Crippen LogP contribution in [-0.4, -0.2) is 60.0 Å². The van der Waals surface area contributed by atoms with Gasteiger partial charge in [0.15, 0.2) is 5.96 Å². The minimum Gasteiger partial charge on any atom is -0.480 e. The predicted octanol–water partition coefficient (Wildman–Crippen LogP) is 1.31. The summed E-state index contributed by atoms with van der Waals surface area (Å²) in [5, 5.41) is 8.94.